The fourth-order valence-electron chi connectivity index (χ4n) is 1.84. The highest BCUT2D eigenvalue weighted by molar-refractivity contribution is 6.32. The highest BCUT2D eigenvalue weighted by Crippen LogP contribution is 2.25. The molecule has 0 bridgehead atoms. The van der Waals surface area contributed by atoms with Gasteiger partial charge in [-0.1, -0.05) is 17.7 Å². The summed E-state index contributed by atoms with van der Waals surface area (Å²) >= 11 is 6.02. The van der Waals surface area contributed by atoms with Gasteiger partial charge in [-0.05, 0) is 37.3 Å². The summed E-state index contributed by atoms with van der Waals surface area (Å²) in [5.41, 5.74) is 1.13. The molecule has 0 unspecified atom stereocenters. The minimum atomic E-state index is -0.242. The van der Waals surface area contributed by atoms with Crippen molar-refractivity contribution < 1.29 is 14.3 Å². The summed E-state index contributed by atoms with van der Waals surface area (Å²) in [7, 11) is 1.53. The Labute approximate surface area is 128 Å². The number of carbonyl (C=O) groups excluding carboxylic acids is 1. The van der Waals surface area contributed by atoms with Gasteiger partial charge in [0.15, 0.2) is 0 Å². The van der Waals surface area contributed by atoms with E-state index in [1.54, 1.807) is 30.3 Å². The maximum atomic E-state index is 12.2. The van der Waals surface area contributed by atoms with Crippen LogP contribution in [0.4, 0.5) is 5.69 Å². The van der Waals surface area contributed by atoms with Gasteiger partial charge in [-0.3, -0.25) is 4.79 Å². The number of anilines is 1. The van der Waals surface area contributed by atoms with E-state index in [1.807, 2.05) is 19.1 Å². The Bertz CT molecular complexity index is 643. The van der Waals surface area contributed by atoms with E-state index < -0.39 is 0 Å². The second-order valence-electron chi connectivity index (χ2n) is 4.26. The van der Waals surface area contributed by atoms with Gasteiger partial charge in [0.05, 0.1) is 18.7 Å². The van der Waals surface area contributed by atoms with E-state index in [9.17, 15) is 4.79 Å². The van der Waals surface area contributed by atoms with Crippen LogP contribution in [-0.4, -0.2) is 19.6 Å². The van der Waals surface area contributed by atoms with Gasteiger partial charge in [0, 0.05) is 17.3 Å². The van der Waals surface area contributed by atoms with Crippen molar-refractivity contribution in [1.82, 2.24) is 0 Å². The lowest BCUT2D eigenvalue weighted by molar-refractivity contribution is 0.102. The van der Waals surface area contributed by atoms with Crippen LogP contribution < -0.4 is 14.8 Å². The van der Waals surface area contributed by atoms with E-state index >= 15 is 0 Å². The van der Waals surface area contributed by atoms with Gasteiger partial charge in [-0.25, -0.2) is 0 Å². The molecular weight excluding hydrogens is 290 g/mol. The van der Waals surface area contributed by atoms with Crippen LogP contribution in [0.25, 0.3) is 0 Å². The summed E-state index contributed by atoms with van der Waals surface area (Å²) in [6, 6.07) is 12.1. The van der Waals surface area contributed by atoms with E-state index in [2.05, 4.69) is 5.32 Å². The fourth-order valence-corrected chi connectivity index (χ4v) is 2.10. The third-order valence-corrected chi connectivity index (χ3v) is 3.11. The Morgan fingerprint density at radius 3 is 2.71 bits per heavy atom. The number of halogens is 1. The predicted molar refractivity (Wildman–Crippen MR) is 83.6 cm³/mol. The van der Waals surface area contributed by atoms with Crippen LogP contribution in [0.1, 0.15) is 17.3 Å². The number of ether oxygens (including phenoxy) is 2. The van der Waals surface area contributed by atoms with Crippen molar-refractivity contribution in [2.24, 2.45) is 0 Å². The lowest BCUT2D eigenvalue weighted by Gasteiger charge is -2.09. The summed E-state index contributed by atoms with van der Waals surface area (Å²) in [4.78, 5) is 12.2. The van der Waals surface area contributed by atoms with Crippen LogP contribution in [0.5, 0.6) is 11.5 Å². The molecule has 1 amide bonds. The van der Waals surface area contributed by atoms with Crippen LogP contribution in [0.3, 0.4) is 0 Å². The van der Waals surface area contributed by atoms with Crippen molar-refractivity contribution in [2.45, 2.75) is 6.92 Å². The molecule has 0 aliphatic heterocycles. The third kappa shape index (κ3) is 3.89. The molecule has 0 aromatic heterocycles. The highest BCUT2D eigenvalue weighted by Gasteiger charge is 2.09. The minimum Gasteiger partial charge on any atom is -0.495 e. The molecule has 5 heteroatoms. The van der Waals surface area contributed by atoms with Crippen LogP contribution >= 0.6 is 11.6 Å². The second-order valence-corrected chi connectivity index (χ2v) is 4.67. The molecule has 0 saturated heterocycles. The van der Waals surface area contributed by atoms with E-state index in [0.717, 1.165) is 0 Å². The average Bonchev–Trinajstić information content (AvgIpc) is 2.48. The molecule has 0 saturated carbocycles. The molecule has 2 aromatic carbocycles. The van der Waals surface area contributed by atoms with Crippen LogP contribution in [0.15, 0.2) is 42.5 Å². The van der Waals surface area contributed by atoms with Crippen LogP contribution in [0, 0.1) is 0 Å². The molecule has 1 N–H and O–H groups in total. The molecule has 0 spiro atoms. The second kappa shape index (κ2) is 6.99. The Kier molecular flexibility index (Phi) is 5.06. The SMILES string of the molecule is CCOc1cccc(NC(=O)c2ccc(OC)c(Cl)c2)c1. The number of hydrogen-bond donors (Lipinski definition) is 1. The molecule has 0 heterocycles. The number of benzene rings is 2. The van der Waals surface area contributed by atoms with Crippen molar-refractivity contribution in [2.75, 3.05) is 19.0 Å². The maximum Gasteiger partial charge on any atom is 0.255 e. The quantitative estimate of drug-likeness (QED) is 0.908. The first kappa shape index (κ1) is 15.2. The lowest BCUT2D eigenvalue weighted by Crippen LogP contribution is -2.12. The first-order valence-corrected chi connectivity index (χ1v) is 6.89. The average molecular weight is 306 g/mol. The highest BCUT2D eigenvalue weighted by atomic mass is 35.5. The summed E-state index contributed by atoms with van der Waals surface area (Å²) < 4.78 is 10.5. The summed E-state index contributed by atoms with van der Waals surface area (Å²) in [5.74, 6) is 1.00. The number of hydrogen-bond acceptors (Lipinski definition) is 3. The number of nitrogens with one attached hydrogen (secondary N) is 1. The Morgan fingerprint density at radius 2 is 2.05 bits per heavy atom. The first-order valence-electron chi connectivity index (χ1n) is 6.51. The van der Waals surface area contributed by atoms with Gasteiger partial charge in [0.2, 0.25) is 0 Å². The maximum absolute atomic E-state index is 12.2. The normalized spacial score (nSPS) is 10.0. The predicted octanol–water partition coefficient (Wildman–Crippen LogP) is 4.00. The molecule has 4 nitrogen and oxygen atoms in total. The lowest BCUT2D eigenvalue weighted by atomic mass is 10.2. The van der Waals surface area contributed by atoms with Gasteiger partial charge < -0.3 is 14.8 Å². The standard InChI is InChI=1S/C16H16ClNO3/c1-3-21-13-6-4-5-12(10-13)18-16(19)11-7-8-15(20-2)14(17)9-11/h4-10H,3H2,1-2H3,(H,18,19). The molecule has 21 heavy (non-hydrogen) atoms. The molecule has 0 fully saturated rings. The first-order chi connectivity index (χ1) is 10.1. The monoisotopic (exact) mass is 305 g/mol. The summed E-state index contributed by atoms with van der Waals surface area (Å²) in [6.07, 6.45) is 0. The molecule has 0 atom stereocenters. The zero-order valence-electron chi connectivity index (χ0n) is 11.9. The number of rotatable bonds is 5. The smallest absolute Gasteiger partial charge is 0.255 e. The Balaban J connectivity index is 2.14. The number of methoxy groups -OCH3 is 1. The van der Waals surface area contributed by atoms with E-state index in [4.69, 9.17) is 21.1 Å². The van der Waals surface area contributed by atoms with Crippen molar-refractivity contribution >= 4 is 23.2 Å². The summed E-state index contributed by atoms with van der Waals surface area (Å²) in [5, 5.41) is 3.20. The zero-order chi connectivity index (χ0) is 15.2. The van der Waals surface area contributed by atoms with E-state index in [0.29, 0.717) is 34.4 Å². The van der Waals surface area contributed by atoms with Gasteiger partial charge >= 0.3 is 0 Å². The molecule has 2 rings (SSSR count). The topological polar surface area (TPSA) is 47.6 Å². The van der Waals surface area contributed by atoms with Crippen molar-refractivity contribution in [3.05, 3.63) is 53.1 Å². The van der Waals surface area contributed by atoms with Crippen molar-refractivity contribution in [3.8, 4) is 11.5 Å². The third-order valence-electron chi connectivity index (χ3n) is 2.82. The van der Waals surface area contributed by atoms with Gasteiger partial charge in [0.25, 0.3) is 5.91 Å². The van der Waals surface area contributed by atoms with Crippen molar-refractivity contribution in [3.63, 3.8) is 0 Å². The summed E-state index contributed by atoms with van der Waals surface area (Å²) in [6.45, 7) is 2.48. The van der Waals surface area contributed by atoms with Crippen molar-refractivity contribution in [1.29, 1.82) is 0 Å². The van der Waals surface area contributed by atoms with Crippen LogP contribution in [0.2, 0.25) is 5.02 Å². The fraction of sp³-hybridized carbons (Fsp3) is 0.188. The molecule has 110 valence electrons. The van der Waals surface area contributed by atoms with Gasteiger partial charge in [-0.2, -0.15) is 0 Å². The molecule has 0 aliphatic rings. The van der Waals surface area contributed by atoms with Crippen LogP contribution in [-0.2, 0) is 0 Å². The largest absolute Gasteiger partial charge is 0.495 e. The number of carbonyl (C=O) groups is 1. The van der Waals surface area contributed by atoms with Gasteiger partial charge in [0.1, 0.15) is 11.5 Å². The van der Waals surface area contributed by atoms with Gasteiger partial charge in [-0.15, -0.1) is 0 Å². The molecule has 0 aliphatic carbocycles. The number of amides is 1. The van der Waals surface area contributed by atoms with E-state index in [-0.39, 0.29) is 5.91 Å². The Hall–Kier alpha value is -2.20. The molecule has 2 aromatic rings. The molecular formula is C16H16ClNO3. The molecule has 0 radical (unpaired) electrons. The van der Waals surface area contributed by atoms with E-state index in [1.165, 1.54) is 7.11 Å². The zero-order valence-corrected chi connectivity index (χ0v) is 12.6. The minimum absolute atomic E-state index is 0.242. The Morgan fingerprint density at radius 1 is 1.24 bits per heavy atom.